The minimum atomic E-state index is 0.286. The van der Waals surface area contributed by atoms with E-state index in [4.69, 9.17) is 4.74 Å². The van der Waals surface area contributed by atoms with Gasteiger partial charge in [-0.1, -0.05) is 19.3 Å². The lowest BCUT2D eigenvalue weighted by atomic mass is 9.46. The molecule has 3 aliphatic carbocycles. The molecule has 0 aromatic rings. The minimum absolute atomic E-state index is 0.286. The molecule has 150 valence electrons. The van der Waals surface area contributed by atoms with Gasteiger partial charge in [0.2, 0.25) is 5.91 Å². The number of nitrogens with zero attached hydrogens (tertiary/aromatic N) is 2. The highest BCUT2D eigenvalue weighted by Crippen LogP contribution is 2.62. The molecule has 0 bridgehead atoms. The van der Waals surface area contributed by atoms with E-state index >= 15 is 0 Å². The summed E-state index contributed by atoms with van der Waals surface area (Å²) >= 11 is 0. The first-order chi connectivity index (χ1) is 13.2. The van der Waals surface area contributed by atoms with Gasteiger partial charge in [-0.2, -0.15) is 0 Å². The van der Waals surface area contributed by atoms with E-state index in [1.807, 2.05) is 7.05 Å². The Bertz CT molecular complexity index is 611. The van der Waals surface area contributed by atoms with E-state index < -0.39 is 0 Å². The molecule has 2 N–H and O–H groups in total. The molecule has 0 aromatic carbocycles. The van der Waals surface area contributed by atoms with Crippen molar-refractivity contribution in [2.45, 2.75) is 76.0 Å². The fourth-order valence-electron chi connectivity index (χ4n) is 6.48. The molecule has 6 nitrogen and oxygen atoms in total. The van der Waals surface area contributed by atoms with Crippen LogP contribution in [0, 0.1) is 17.3 Å². The van der Waals surface area contributed by atoms with Crippen LogP contribution >= 0.6 is 0 Å². The van der Waals surface area contributed by atoms with Crippen molar-refractivity contribution in [2.75, 3.05) is 26.7 Å². The average molecular weight is 375 g/mol. The number of carbonyl (C=O) groups is 1. The highest BCUT2D eigenvalue weighted by atomic mass is 16.5. The molecule has 5 rings (SSSR count). The van der Waals surface area contributed by atoms with E-state index in [2.05, 4.69) is 20.5 Å². The fourth-order valence-corrected chi connectivity index (χ4v) is 6.48. The highest BCUT2D eigenvalue weighted by Gasteiger charge is 2.66. The Hall–Kier alpha value is -1.30. The van der Waals surface area contributed by atoms with Crippen molar-refractivity contribution in [3.8, 4) is 0 Å². The van der Waals surface area contributed by atoms with Gasteiger partial charge < -0.3 is 20.3 Å². The predicted octanol–water partition coefficient (Wildman–Crippen LogP) is 1.90. The summed E-state index contributed by atoms with van der Waals surface area (Å²) in [5.41, 5.74) is 0.360. The van der Waals surface area contributed by atoms with Crippen LogP contribution < -0.4 is 10.6 Å². The number of rotatable bonds is 3. The lowest BCUT2D eigenvalue weighted by Crippen LogP contribution is -2.72. The maximum atomic E-state index is 12.7. The van der Waals surface area contributed by atoms with Crippen LogP contribution in [0.1, 0.15) is 57.8 Å². The molecule has 0 aromatic heterocycles. The minimum Gasteiger partial charge on any atom is -0.377 e. The Labute approximate surface area is 162 Å². The molecule has 5 aliphatic rings. The number of fused-ring (bicyclic) bond motifs is 2. The van der Waals surface area contributed by atoms with Gasteiger partial charge in [-0.25, -0.2) is 0 Å². The third-order valence-electron chi connectivity index (χ3n) is 8.10. The summed E-state index contributed by atoms with van der Waals surface area (Å²) in [5, 5.41) is 7.36. The molecular weight excluding hydrogens is 340 g/mol. The van der Waals surface area contributed by atoms with Crippen LogP contribution in [0.2, 0.25) is 0 Å². The van der Waals surface area contributed by atoms with Crippen molar-refractivity contribution in [2.24, 2.45) is 22.2 Å². The molecule has 4 unspecified atom stereocenters. The number of amides is 1. The monoisotopic (exact) mass is 374 g/mol. The second-order valence-electron chi connectivity index (χ2n) is 9.42. The van der Waals surface area contributed by atoms with Gasteiger partial charge in [0.1, 0.15) is 0 Å². The molecular formula is C21H34N4O2. The number of hydrogen-bond donors (Lipinski definition) is 2. The smallest absolute Gasteiger partial charge is 0.225 e. The van der Waals surface area contributed by atoms with Crippen LogP contribution in [0.25, 0.3) is 0 Å². The summed E-state index contributed by atoms with van der Waals surface area (Å²) in [7, 11) is 1.86. The van der Waals surface area contributed by atoms with Crippen molar-refractivity contribution in [1.29, 1.82) is 0 Å². The van der Waals surface area contributed by atoms with Crippen LogP contribution in [-0.4, -0.2) is 61.7 Å². The van der Waals surface area contributed by atoms with Gasteiger partial charge in [0.15, 0.2) is 5.96 Å². The Morgan fingerprint density at radius 3 is 2.63 bits per heavy atom. The normalized spacial score (nSPS) is 37.8. The third kappa shape index (κ3) is 2.86. The number of likely N-dealkylation sites (tertiary alicyclic amines) is 1. The second-order valence-corrected chi connectivity index (χ2v) is 9.42. The quantitative estimate of drug-likeness (QED) is 0.585. The van der Waals surface area contributed by atoms with Crippen molar-refractivity contribution < 1.29 is 9.53 Å². The summed E-state index contributed by atoms with van der Waals surface area (Å²) in [6.07, 6.45) is 11.2. The zero-order valence-electron chi connectivity index (χ0n) is 16.6. The molecule has 0 radical (unpaired) electrons. The highest BCUT2D eigenvalue weighted by molar-refractivity contribution is 5.82. The molecule has 1 spiro atoms. The lowest BCUT2D eigenvalue weighted by molar-refractivity contribution is -0.171. The van der Waals surface area contributed by atoms with Crippen molar-refractivity contribution in [1.82, 2.24) is 15.5 Å². The zero-order valence-corrected chi connectivity index (χ0v) is 16.6. The molecule has 1 amide bonds. The summed E-state index contributed by atoms with van der Waals surface area (Å²) in [4.78, 5) is 19.3. The second kappa shape index (κ2) is 6.94. The topological polar surface area (TPSA) is 66.0 Å². The Morgan fingerprint density at radius 2 is 1.93 bits per heavy atom. The summed E-state index contributed by atoms with van der Waals surface area (Å²) < 4.78 is 6.03. The van der Waals surface area contributed by atoms with Gasteiger partial charge >= 0.3 is 0 Å². The van der Waals surface area contributed by atoms with Gasteiger partial charge in [0.25, 0.3) is 0 Å². The van der Waals surface area contributed by atoms with Gasteiger partial charge in [-0.05, 0) is 38.5 Å². The Morgan fingerprint density at radius 1 is 1.11 bits per heavy atom. The first-order valence-electron chi connectivity index (χ1n) is 11.1. The van der Waals surface area contributed by atoms with Crippen LogP contribution in [0.4, 0.5) is 0 Å². The maximum Gasteiger partial charge on any atom is 0.225 e. The fraction of sp³-hybridized carbons (Fsp3) is 0.905. The van der Waals surface area contributed by atoms with Crippen molar-refractivity contribution in [3.63, 3.8) is 0 Å². The number of ether oxygens (including phenoxy) is 1. The van der Waals surface area contributed by atoms with E-state index in [1.165, 1.54) is 38.5 Å². The van der Waals surface area contributed by atoms with Crippen LogP contribution in [-0.2, 0) is 9.53 Å². The van der Waals surface area contributed by atoms with Gasteiger partial charge in [0.05, 0.1) is 6.10 Å². The van der Waals surface area contributed by atoms with Crippen molar-refractivity contribution >= 4 is 11.9 Å². The zero-order chi connectivity index (χ0) is 18.4. The molecule has 2 saturated heterocycles. The van der Waals surface area contributed by atoms with Crippen molar-refractivity contribution in [3.05, 3.63) is 0 Å². The molecule has 5 fully saturated rings. The predicted molar refractivity (Wildman–Crippen MR) is 104 cm³/mol. The largest absolute Gasteiger partial charge is 0.377 e. The SMILES string of the molecule is CN=C(NC1CCN(C(=O)C2CCCC2)C1)NC1C2CCOC2C12CCC2. The number of aliphatic imine (C=N–C) groups is 1. The standard InChI is InChI=1S/C21H34N4O2/c1-22-20(24-17-16-8-12-27-18(16)21(17)9-4-10-21)23-15-7-11-25(13-15)19(26)14-5-2-3-6-14/h14-18H,2-13H2,1H3,(H2,22,23,24). The van der Waals surface area contributed by atoms with Gasteiger partial charge in [-0.15, -0.1) is 0 Å². The number of carbonyl (C=O) groups excluding carboxylic acids is 1. The first kappa shape index (κ1) is 17.8. The Kier molecular flexibility index (Phi) is 4.57. The van der Waals surface area contributed by atoms with Crippen LogP contribution in [0.15, 0.2) is 4.99 Å². The summed E-state index contributed by atoms with van der Waals surface area (Å²) in [6.45, 7) is 2.62. The number of nitrogens with one attached hydrogen (secondary N) is 2. The van der Waals surface area contributed by atoms with E-state index in [0.29, 0.717) is 35.4 Å². The molecule has 27 heavy (non-hydrogen) atoms. The van der Waals surface area contributed by atoms with E-state index in [0.717, 1.165) is 44.9 Å². The Balaban J connectivity index is 1.16. The summed E-state index contributed by atoms with van der Waals surface area (Å²) in [6, 6.07) is 0.817. The maximum absolute atomic E-state index is 12.7. The van der Waals surface area contributed by atoms with Crippen LogP contribution in [0.5, 0.6) is 0 Å². The first-order valence-corrected chi connectivity index (χ1v) is 11.1. The molecule has 6 heteroatoms. The lowest BCUT2D eigenvalue weighted by Gasteiger charge is -2.63. The van der Waals surface area contributed by atoms with Gasteiger partial charge in [0, 0.05) is 56.1 Å². The van der Waals surface area contributed by atoms with Crippen LogP contribution in [0.3, 0.4) is 0 Å². The molecule has 2 aliphatic heterocycles. The number of guanidine groups is 1. The van der Waals surface area contributed by atoms with E-state index in [1.54, 1.807) is 0 Å². The van der Waals surface area contributed by atoms with E-state index in [9.17, 15) is 4.79 Å². The average Bonchev–Trinajstić information content (AvgIpc) is 3.37. The van der Waals surface area contributed by atoms with E-state index in [-0.39, 0.29) is 5.92 Å². The molecule has 4 atom stereocenters. The molecule has 2 heterocycles. The third-order valence-corrected chi connectivity index (χ3v) is 8.10. The van der Waals surface area contributed by atoms with Gasteiger partial charge in [-0.3, -0.25) is 9.79 Å². The number of hydrogen-bond acceptors (Lipinski definition) is 3. The summed E-state index contributed by atoms with van der Waals surface area (Å²) in [5.74, 6) is 2.23. The molecule has 3 saturated carbocycles.